The highest BCUT2D eigenvalue weighted by Gasteiger charge is 2.23. The summed E-state index contributed by atoms with van der Waals surface area (Å²) >= 11 is 0. The molecule has 0 spiro atoms. The number of imidazole rings is 1. The number of nitrogens with zero attached hydrogens (tertiary/aromatic N) is 4. The van der Waals surface area contributed by atoms with Gasteiger partial charge in [0.05, 0.1) is 28.4 Å². The summed E-state index contributed by atoms with van der Waals surface area (Å²) in [6, 6.07) is 13.7. The minimum Gasteiger partial charge on any atom is -0.381 e. The lowest BCUT2D eigenvalue weighted by molar-refractivity contribution is 0.0835. The number of rotatable bonds is 4. The molecule has 0 unspecified atom stereocenters. The predicted molar refractivity (Wildman–Crippen MR) is 143 cm³/mol. The average Bonchev–Trinajstić information content (AvgIpc) is 3.26. The van der Waals surface area contributed by atoms with E-state index in [1.807, 2.05) is 6.20 Å². The highest BCUT2D eigenvalue weighted by atomic mass is 16.5. The Bertz CT molecular complexity index is 1360. The third-order valence-electron chi connectivity index (χ3n) is 8.31. The van der Waals surface area contributed by atoms with Crippen molar-refractivity contribution >= 4 is 22.2 Å². The van der Waals surface area contributed by atoms with Gasteiger partial charge in [-0.2, -0.15) is 0 Å². The van der Waals surface area contributed by atoms with Gasteiger partial charge in [-0.1, -0.05) is 25.5 Å². The standard InChI is InChI=1S/C30H36N4O/c1-4-22-9-13-33(14-10-22)27-8-6-24(17-20(27)2)25-5-7-26-28(18-25)34-29(19-31-26)21(3)32-30(34)23-11-15-35-16-12-23/h5-8,17-19,22-23H,4,9-16H2,1-3H3. The molecule has 2 fully saturated rings. The smallest absolute Gasteiger partial charge is 0.117 e. The van der Waals surface area contributed by atoms with Crippen molar-refractivity contribution in [1.82, 2.24) is 14.4 Å². The van der Waals surface area contributed by atoms with Crippen molar-refractivity contribution in [2.24, 2.45) is 5.92 Å². The maximum Gasteiger partial charge on any atom is 0.117 e. The molecule has 0 amide bonds. The summed E-state index contributed by atoms with van der Waals surface area (Å²) in [7, 11) is 0. The van der Waals surface area contributed by atoms with Gasteiger partial charge in [0.2, 0.25) is 0 Å². The Morgan fingerprint density at radius 3 is 2.40 bits per heavy atom. The quantitative estimate of drug-likeness (QED) is 0.335. The first kappa shape index (κ1) is 22.5. The molecule has 2 aliphatic rings. The molecule has 0 atom stereocenters. The van der Waals surface area contributed by atoms with E-state index in [1.54, 1.807) is 0 Å². The van der Waals surface area contributed by atoms with Crippen molar-refractivity contribution < 1.29 is 4.74 Å². The van der Waals surface area contributed by atoms with E-state index in [2.05, 4.69) is 66.5 Å². The fraction of sp³-hybridized carbons (Fsp3) is 0.467. The predicted octanol–water partition coefficient (Wildman–Crippen LogP) is 6.69. The van der Waals surface area contributed by atoms with E-state index in [0.29, 0.717) is 5.92 Å². The Morgan fingerprint density at radius 2 is 1.66 bits per heavy atom. The topological polar surface area (TPSA) is 42.7 Å². The first-order valence-corrected chi connectivity index (χ1v) is 13.3. The van der Waals surface area contributed by atoms with Gasteiger partial charge in [-0.3, -0.25) is 9.38 Å². The highest BCUT2D eigenvalue weighted by molar-refractivity contribution is 5.85. The van der Waals surface area contributed by atoms with Crippen LogP contribution in [-0.2, 0) is 4.74 Å². The van der Waals surface area contributed by atoms with Crippen LogP contribution in [0.2, 0.25) is 0 Å². The molecule has 2 aliphatic heterocycles. The molecule has 2 saturated heterocycles. The van der Waals surface area contributed by atoms with E-state index in [0.717, 1.165) is 60.0 Å². The summed E-state index contributed by atoms with van der Waals surface area (Å²) in [5, 5.41) is 0. The molecule has 5 nitrogen and oxygen atoms in total. The Balaban J connectivity index is 1.39. The Kier molecular flexibility index (Phi) is 5.97. The fourth-order valence-electron chi connectivity index (χ4n) is 6.09. The van der Waals surface area contributed by atoms with Crippen LogP contribution in [-0.4, -0.2) is 40.7 Å². The first-order chi connectivity index (χ1) is 17.1. The molecule has 0 aliphatic carbocycles. The van der Waals surface area contributed by atoms with Crippen LogP contribution in [0.4, 0.5) is 5.69 Å². The van der Waals surface area contributed by atoms with Crippen LogP contribution in [0.5, 0.6) is 0 Å². The van der Waals surface area contributed by atoms with Crippen LogP contribution in [0.15, 0.2) is 42.6 Å². The van der Waals surface area contributed by atoms with Crippen LogP contribution in [0.1, 0.15) is 62.0 Å². The summed E-state index contributed by atoms with van der Waals surface area (Å²) in [4.78, 5) is 12.4. The molecule has 182 valence electrons. The molecular formula is C30H36N4O. The second kappa shape index (κ2) is 9.27. The molecule has 0 N–H and O–H groups in total. The molecule has 0 radical (unpaired) electrons. The van der Waals surface area contributed by atoms with E-state index < -0.39 is 0 Å². The zero-order chi connectivity index (χ0) is 23.9. The van der Waals surface area contributed by atoms with Crippen molar-refractivity contribution in [2.45, 2.75) is 58.8 Å². The van der Waals surface area contributed by atoms with Crippen molar-refractivity contribution in [3.63, 3.8) is 0 Å². The van der Waals surface area contributed by atoms with Crippen molar-refractivity contribution in [3.8, 4) is 11.1 Å². The largest absolute Gasteiger partial charge is 0.381 e. The second-order valence-electron chi connectivity index (χ2n) is 10.5. The van der Waals surface area contributed by atoms with Crippen molar-refractivity contribution in [1.29, 1.82) is 0 Å². The number of hydrogen-bond acceptors (Lipinski definition) is 4. The summed E-state index contributed by atoms with van der Waals surface area (Å²) < 4.78 is 7.98. The number of fused-ring (bicyclic) bond motifs is 3. The third kappa shape index (κ3) is 4.10. The lowest BCUT2D eigenvalue weighted by Gasteiger charge is -2.34. The van der Waals surface area contributed by atoms with Crippen LogP contribution in [0.25, 0.3) is 27.7 Å². The molecule has 6 rings (SSSR count). The fourth-order valence-corrected chi connectivity index (χ4v) is 6.09. The molecule has 4 heterocycles. The lowest BCUT2D eigenvalue weighted by Crippen LogP contribution is -2.33. The van der Waals surface area contributed by atoms with E-state index >= 15 is 0 Å². The molecular weight excluding hydrogens is 432 g/mol. The third-order valence-corrected chi connectivity index (χ3v) is 8.31. The van der Waals surface area contributed by atoms with E-state index in [1.165, 1.54) is 54.7 Å². The number of anilines is 1. The maximum absolute atomic E-state index is 5.63. The molecule has 5 heteroatoms. The molecule has 0 bridgehead atoms. The molecule has 2 aromatic heterocycles. The second-order valence-corrected chi connectivity index (χ2v) is 10.5. The van der Waals surface area contributed by atoms with Gasteiger partial charge in [0.1, 0.15) is 5.82 Å². The van der Waals surface area contributed by atoms with E-state index in [9.17, 15) is 0 Å². The van der Waals surface area contributed by atoms with Gasteiger partial charge in [-0.05, 0) is 86.4 Å². The van der Waals surface area contributed by atoms with Gasteiger partial charge in [-0.15, -0.1) is 0 Å². The Morgan fingerprint density at radius 1 is 0.914 bits per heavy atom. The molecule has 2 aromatic carbocycles. The zero-order valence-electron chi connectivity index (χ0n) is 21.3. The number of aromatic nitrogens is 3. The normalized spacial score (nSPS) is 18.1. The molecule has 0 saturated carbocycles. The first-order valence-electron chi connectivity index (χ1n) is 13.3. The monoisotopic (exact) mass is 468 g/mol. The number of benzene rings is 2. The van der Waals surface area contributed by atoms with Crippen LogP contribution in [0.3, 0.4) is 0 Å². The lowest BCUT2D eigenvalue weighted by atomic mass is 9.93. The minimum absolute atomic E-state index is 0.428. The summed E-state index contributed by atoms with van der Waals surface area (Å²) in [6.07, 6.45) is 7.96. The minimum atomic E-state index is 0.428. The average molecular weight is 469 g/mol. The number of hydrogen-bond donors (Lipinski definition) is 0. The summed E-state index contributed by atoms with van der Waals surface area (Å²) in [5.41, 5.74) is 9.56. The Hall–Kier alpha value is -2.92. The van der Waals surface area contributed by atoms with Crippen LogP contribution in [0, 0.1) is 19.8 Å². The van der Waals surface area contributed by atoms with Crippen molar-refractivity contribution in [2.75, 3.05) is 31.2 Å². The number of ether oxygens (including phenoxy) is 1. The number of piperidine rings is 1. The van der Waals surface area contributed by atoms with Gasteiger partial charge in [0.15, 0.2) is 0 Å². The van der Waals surface area contributed by atoms with Crippen LogP contribution >= 0.6 is 0 Å². The van der Waals surface area contributed by atoms with Gasteiger partial charge in [-0.25, -0.2) is 4.98 Å². The molecule has 35 heavy (non-hydrogen) atoms. The van der Waals surface area contributed by atoms with Crippen molar-refractivity contribution in [3.05, 3.63) is 59.7 Å². The van der Waals surface area contributed by atoms with E-state index in [-0.39, 0.29) is 0 Å². The highest BCUT2D eigenvalue weighted by Crippen LogP contribution is 2.34. The molecule has 4 aromatic rings. The number of aryl methyl sites for hydroxylation is 2. The Labute approximate surface area is 208 Å². The van der Waals surface area contributed by atoms with Gasteiger partial charge >= 0.3 is 0 Å². The maximum atomic E-state index is 5.63. The SMILES string of the molecule is CCC1CCN(c2ccc(-c3ccc4ncc5c(C)nc(C6CCOCC6)n5c4c3)cc2C)CC1. The summed E-state index contributed by atoms with van der Waals surface area (Å²) in [5.74, 6) is 2.48. The zero-order valence-corrected chi connectivity index (χ0v) is 21.3. The van der Waals surface area contributed by atoms with Gasteiger partial charge in [0, 0.05) is 37.9 Å². The summed E-state index contributed by atoms with van der Waals surface area (Å²) in [6.45, 7) is 10.7. The van der Waals surface area contributed by atoms with Gasteiger partial charge < -0.3 is 9.64 Å². The van der Waals surface area contributed by atoms with Crippen LogP contribution < -0.4 is 4.90 Å². The van der Waals surface area contributed by atoms with Gasteiger partial charge in [0.25, 0.3) is 0 Å². The van der Waals surface area contributed by atoms with E-state index in [4.69, 9.17) is 14.7 Å².